The molecule has 1 aliphatic carbocycles. The van der Waals surface area contributed by atoms with Gasteiger partial charge in [-0.15, -0.1) is 0 Å². The van der Waals surface area contributed by atoms with Gasteiger partial charge < -0.3 is 44.1 Å². The van der Waals surface area contributed by atoms with Crippen LogP contribution in [0.3, 0.4) is 0 Å². The van der Waals surface area contributed by atoms with Crippen LogP contribution in [-0.4, -0.2) is 69.9 Å². The van der Waals surface area contributed by atoms with Gasteiger partial charge >= 0.3 is 23.9 Å². The van der Waals surface area contributed by atoms with E-state index >= 15 is 0 Å². The van der Waals surface area contributed by atoms with Gasteiger partial charge in [0.25, 0.3) is 0 Å². The first kappa shape index (κ1) is 37.7. The van der Waals surface area contributed by atoms with Crippen LogP contribution in [0, 0.1) is 41.5 Å². The highest BCUT2D eigenvalue weighted by Gasteiger charge is 2.48. The number of methoxy groups -OCH3 is 2. The minimum Gasteiger partial charge on any atom is -0.507 e. The molecular formula is C37H36O14. The molecule has 0 heterocycles. The van der Waals surface area contributed by atoms with Crippen molar-refractivity contribution < 1.29 is 68.1 Å². The van der Waals surface area contributed by atoms with Crippen LogP contribution >= 0.6 is 0 Å². The molecule has 0 saturated heterocycles. The Labute approximate surface area is 292 Å². The Morgan fingerprint density at radius 2 is 1.16 bits per heavy atom. The molecule has 0 spiro atoms. The zero-order valence-electron chi connectivity index (χ0n) is 29.3. The van der Waals surface area contributed by atoms with Gasteiger partial charge in [0.1, 0.15) is 56.9 Å². The van der Waals surface area contributed by atoms with E-state index < -0.39 is 46.8 Å². The van der Waals surface area contributed by atoms with Gasteiger partial charge in [0.05, 0.1) is 14.2 Å². The molecule has 0 saturated carbocycles. The summed E-state index contributed by atoms with van der Waals surface area (Å²) in [5.41, 5.74) is -1.93. The molecule has 1 aliphatic rings. The van der Waals surface area contributed by atoms with E-state index in [0.717, 1.165) is 18.2 Å². The van der Waals surface area contributed by atoms with Crippen LogP contribution in [0.1, 0.15) is 71.4 Å². The van der Waals surface area contributed by atoms with E-state index in [1.165, 1.54) is 67.9 Å². The summed E-state index contributed by atoms with van der Waals surface area (Å²) in [5, 5.41) is 42.7. The van der Waals surface area contributed by atoms with E-state index in [2.05, 4.69) is 0 Å². The lowest BCUT2D eigenvalue weighted by atomic mass is 9.87. The lowest BCUT2D eigenvalue weighted by Gasteiger charge is -2.30. The summed E-state index contributed by atoms with van der Waals surface area (Å²) < 4.78 is 26.8. The Morgan fingerprint density at radius 3 is 1.71 bits per heavy atom. The van der Waals surface area contributed by atoms with Crippen molar-refractivity contribution in [3.8, 4) is 34.5 Å². The second-order valence-corrected chi connectivity index (χ2v) is 11.9. The molecule has 4 N–H and O–H groups in total. The van der Waals surface area contributed by atoms with E-state index in [0.29, 0.717) is 11.1 Å². The monoisotopic (exact) mass is 704 g/mol. The number of aliphatic hydroxyl groups is 1. The molecule has 0 fully saturated rings. The first-order valence-corrected chi connectivity index (χ1v) is 15.3. The molecule has 0 amide bonds. The first-order valence-electron chi connectivity index (χ1n) is 15.3. The van der Waals surface area contributed by atoms with Crippen LogP contribution in [0.4, 0.5) is 0 Å². The zero-order valence-corrected chi connectivity index (χ0v) is 29.3. The molecule has 268 valence electrons. The second kappa shape index (κ2) is 14.0. The number of ether oxygens (including phenoxy) is 5. The summed E-state index contributed by atoms with van der Waals surface area (Å²) in [6.45, 7) is 10.2. The fourth-order valence-corrected chi connectivity index (χ4v) is 5.58. The van der Waals surface area contributed by atoms with Crippen LogP contribution in [0.2, 0.25) is 0 Å². The number of carboxylic acid groups (broad SMARTS) is 1. The third kappa shape index (κ3) is 6.60. The predicted molar refractivity (Wildman–Crippen MR) is 179 cm³/mol. The highest BCUT2D eigenvalue weighted by molar-refractivity contribution is 6.06. The van der Waals surface area contributed by atoms with E-state index in [1.54, 1.807) is 6.92 Å². The largest absolute Gasteiger partial charge is 0.507 e. The predicted octanol–water partition coefficient (Wildman–Crippen LogP) is 4.79. The SMILES string of the molecule is COC1=CC(=O)C=C(C)[C@]1(O)C(=O)Oc1cc(O)c(C(=O)Oc2cc(C)c(C(=O)Oc3cc(OC)c(C(=O)O)c(C)c3C)c(O)c2C)c(C)c1C. The lowest BCUT2D eigenvalue weighted by Crippen LogP contribution is -2.47. The quantitative estimate of drug-likeness (QED) is 0.174. The highest BCUT2D eigenvalue weighted by atomic mass is 16.6. The van der Waals surface area contributed by atoms with Gasteiger partial charge in [0, 0.05) is 23.8 Å². The summed E-state index contributed by atoms with van der Waals surface area (Å²) >= 11 is 0. The molecule has 0 aliphatic heterocycles. The fraction of sp³-hybridized carbons (Fsp3) is 0.270. The van der Waals surface area contributed by atoms with Crippen LogP contribution in [0.25, 0.3) is 0 Å². The Kier molecular flexibility index (Phi) is 10.3. The van der Waals surface area contributed by atoms with Crippen molar-refractivity contribution in [1.82, 2.24) is 0 Å². The number of hydrogen-bond acceptors (Lipinski definition) is 13. The molecule has 4 rings (SSSR count). The van der Waals surface area contributed by atoms with Crippen molar-refractivity contribution in [2.45, 2.75) is 54.1 Å². The van der Waals surface area contributed by atoms with Crippen molar-refractivity contribution in [2.75, 3.05) is 14.2 Å². The van der Waals surface area contributed by atoms with Crippen LogP contribution in [0.5, 0.6) is 34.5 Å². The molecule has 1 atom stereocenters. The number of aromatic carboxylic acids is 1. The number of hydrogen-bond donors (Lipinski definition) is 4. The summed E-state index contributed by atoms with van der Waals surface area (Å²) in [4.78, 5) is 63.5. The normalized spacial score (nSPS) is 15.4. The van der Waals surface area contributed by atoms with Crippen LogP contribution in [-0.2, 0) is 14.3 Å². The number of carbonyl (C=O) groups excluding carboxylic acids is 4. The molecule has 14 nitrogen and oxygen atoms in total. The molecule has 0 radical (unpaired) electrons. The molecule has 3 aromatic rings. The van der Waals surface area contributed by atoms with Gasteiger partial charge in [-0.2, -0.15) is 0 Å². The first-order chi connectivity index (χ1) is 23.8. The number of rotatable bonds is 9. The molecule has 14 heteroatoms. The molecule has 3 aromatic carbocycles. The molecule has 51 heavy (non-hydrogen) atoms. The zero-order chi connectivity index (χ0) is 38.3. The Balaban J connectivity index is 1.62. The number of aromatic hydroxyl groups is 2. The van der Waals surface area contributed by atoms with Gasteiger partial charge in [0.2, 0.25) is 5.60 Å². The second-order valence-electron chi connectivity index (χ2n) is 11.9. The summed E-state index contributed by atoms with van der Waals surface area (Å²) in [7, 11) is 2.44. The number of ketones is 1. The van der Waals surface area contributed by atoms with Gasteiger partial charge in [-0.1, -0.05) is 0 Å². The summed E-state index contributed by atoms with van der Waals surface area (Å²) in [6, 6.07) is 3.56. The average Bonchev–Trinajstić information content (AvgIpc) is 3.05. The smallest absolute Gasteiger partial charge is 0.356 e. The highest BCUT2D eigenvalue weighted by Crippen LogP contribution is 2.40. The minimum atomic E-state index is -2.43. The standard InChI is InChI=1S/C37H36O14/c1-15-10-24(21(7)32(40)29(15)34(43)50-26-14-27(47-8)31(33(41)42)20(6)18(26)4)49-35(44)30-19(5)17(3)25(13-23(30)39)51-36(45)37(46)16(2)11-22(38)12-28(37)48-9/h10-14,39-40,46H,1-9H3,(H,41,42)/t37-/m1/s1. The van der Waals surface area contributed by atoms with E-state index in [4.69, 9.17) is 23.7 Å². The summed E-state index contributed by atoms with van der Waals surface area (Å²) in [5.74, 6) is -6.90. The van der Waals surface area contributed by atoms with Gasteiger partial charge in [-0.3, -0.25) is 4.79 Å². The number of phenolic OH excluding ortho intramolecular Hbond substituents is 2. The number of carbonyl (C=O) groups is 5. The fourth-order valence-electron chi connectivity index (χ4n) is 5.58. The van der Waals surface area contributed by atoms with E-state index in [9.17, 15) is 44.4 Å². The lowest BCUT2D eigenvalue weighted by molar-refractivity contribution is -0.151. The minimum absolute atomic E-state index is 0.00644. The third-order valence-corrected chi connectivity index (χ3v) is 8.88. The number of benzene rings is 3. The van der Waals surface area contributed by atoms with Crippen molar-refractivity contribution in [1.29, 1.82) is 0 Å². The average molecular weight is 705 g/mol. The Hall–Kier alpha value is -6.15. The molecule has 0 unspecified atom stereocenters. The van der Waals surface area contributed by atoms with Crippen molar-refractivity contribution >= 4 is 29.7 Å². The van der Waals surface area contributed by atoms with Crippen molar-refractivity contribution in [3.05, 3.63) is 91.8 Å². The number of esters is 3. The number of allylic oxidation sites excluding steroid dienone is 2. The Morgan fingerprint density at radius 1 is 0.627 bits per heavy atom. The summed E-state index contributed by atoms with van der Waals surface area (Å²) in [6.07, 6.45) is 2.00. The van der Waals surface area contributed by atoms with Crippen LogP contribution < -0.4 is 18.9 Å². The number of phenols is 2. The Bertz CT molecular complexity index is 2100. The van der Waals surface area contributed by atoms with Crippen LogP contribution in [0.15, 0.2) is 41.7 Å². The maximum Gasteiger partial charge on any atom is 0.356 e. The van der Waals surface area contributed by atoms with E-state index in [1.807, 2.05) is 0 Å². The maximum atomic E-state index is 13.4. The molecule has 0 aromatic heterocycles. The van der Waals surface area contributed by atoms with Gasteiger partial charge in [0.15, 0.2) is 5.78 Å². The molecular weight excluding hydrogens is 668 g/mol. The maximum absolute atomic E-state index is 13.4. The topological polar surface area (TPSA) is 212 Å². The number of carboxylic acids is 1. The number of aryl methyl sites for hydroxylation is 1. The van der Waals surface area contributed by atoms with Gasteiger partial charge in [-0.05, 0) is 94.0 Å². The van der Waals surface area contributed by atoms with Crippen molar-refractivity contribution in [2.24, 2.45) is 0 Å². The van der Waals surface area contributed by atoms with E-state index in [-0.39, 0.29) is 73.3 Å². The van der Waals surface area contributed by atoms with Crippen molar-refractivity contribution in [3.63, 3.8) is 0 Å². The molecule has 0 bridgehead atoms. The third-order valence-electron chi connectivity index (χ3n) is 8.88. The van der Waals surface area contributed by atoms with Gasteiger partial charge in [-0.25, -0.2) is 19.2 Å².